The molecule has 2 aromatic carbocycles. The number of rotatable bonds is 4. The maximum absolute atomic E-state index is 12.8. The van der Waals surface area contributed by atoms with E-state index in [1.54, 1.807) is 34.6 Å². The van der Waals surface area contributed by atoms with Crippen LogP contribution in [0.25, 0.3) is 0 Å². The predicted octanol–water partition coefficient (Wildman–Crippen LogP) is 4.47. The van der Waals surface area contributed by atoms with E-state index in [0.717, 1.165) is 31.2 Å². The monoisotopic (exact) mass is 406 g/mol. The Morgan fingerprint density at radius 2 is 1.63 bits per heavy atom. The molecular weight excluding hydrogens is 384 g/mol. The van der Waals surface area contributed by atoms with E-state index in [9.17, 15) is 13.2 Å². The molecule has 0 spiro atoms. The van der Waals surface area contributed by atoms with Crippen molar-refractivity contribution in [1.82, 2.24) is 4.31 Å². The zero-order chi connectivity index (χ0) is 19.4. The maximum atomic E-state index is 12.8. The number of nitrogens with one attached hydrogen (secondary N) is 1. The molecular formula is C20H23ClN2O3S. The Bertz CT molecular complexity index is 919. The molecule has 1 heterocycles. The zero-order valence-corrected chi connectivity index (χ0v) is 16.8. The molecule has 0 aliphatic carbocycles. The molecule has 0 atom stereocenters. The van der Waals surface area contributed by atoms with E-state index in [1.165, 1.54) is 12.1 Å². The number of nitrogens with zero attached hydrogens (tertiary/aromatic N) is 1. The molecule has 5 nitrogen and oxygen atoms in total. The van der Waals surface area contributed by atoms with E-state index in [2.05, 4.69) is 5.32 Å². The standard InChI is InChI=1S/C20H23ClN2O3S/c1-15-14-17(21)8-11-19(15)22-20(24)16-6-9-18(10-7-16)27(25,26)23-12-4-2-3-5-13-23/h6-11,14H,2-5,12-13H2,1H3,(H,22,24). The molecule has 27 heavy (non-hydrogen) atoms. The molecule has 1 aliphatic rings. The molecule has 1 amide bonds. The van der Waals surface area contributed by atoms with E-state index in [1.807, 2.05) is 6.92 Å². The molecule has 3 rings (SSSR count). The van der Waals surface area contributed by atoms with Gasteiger partial charge in [-0.25, -0.2) is 8.42 Å². The average molecular weight is 407 g/mol. The van der Waals surface area contributed by atoms with Gasteiger partial charge in [0.25, 0.3) is 5.91 Å². The van der Waals surface area contributed by atoms with Crippen LogP contribution >= 0.6 is 11.6 Å². The van der Waals surface area contributed by atoms with Crippen LogP contribution in [-0.2, 0) is 10.0 Å². The topological polar surface area (TPSA) is 66.5 Å². The van der Waals surface area contributed by atoms with Crippen molar-refractivity contribution in [3.05, 3.63) is 58.6 Å². The Kier molecular flexibility index (Phi) is 6.19. The first kappa shape index (κ1) is 19.9. The summed E-state index contributed by atoms with van der Waals surface area (Å²) in [5.74, 6) is -0.292. The first-order chi connectivity index (χ1) is 12.9. The summed E-state index contributed by atoms with van der Waals surface area (Å²) in [5.41, 5.74) is 1.93. The number of hydrogen-bond donors (Lipinski definition) is 1. The second kappa shape index (κ2) is 8.42. The summed E-state index contributed by atoms with van der Waals surface area (Å²) in [5, 5.41) is 3.43. The number of anilines is 1. The number of halogens is 1. The minimum absolute atomic E-state index is 0.226. The van der Waals surface area contributed by atoms with Crippen molar-refractivity contribution in [3.8, 4) is 0 Å². The van der Waals surface area contributed by atoms with Crippen LogP contribution < -0.4 is 5.32 Å². The van der Waals surface area contributed by atoms with Crippen molar-refractivity contribution < 1.29 is 13.2 Å². The molecule has 1 aliphatic heterocycles. The molecule has 1 saturated heterocycles. The maximum Gasteiger partial charge on any atom is 0.255 e. The van der Waals surface area contributed by atoms with Crippen LogP contribution in [0.15, 0.2) is 47.4 Å². The van der Waals surface area contributed by atoms with Gasteiger partial charge in [0.1, 0.15) is 0 Å². The fraction of sp³-hybridized carbons (Fsp3) is 0.350. The lowest BCUT2D eigenvalue weighted by Crippen LogP contribution is -2.31. The van der Waals surface area contributed by atoms with Crippen LogP contribution in [0.1, 0.15) is 41.6 Å². The SMILES string of the molecule is Cc1cc(Cl)ccc1NC(=O)c1ccc(S(=O)(=O)N2CCCCCC2)cc1. The Morgan fingerprint density at radius 1 is 1.00 bits per heavy atom. The molecule has 7 heteroatoms. The van der Waals surface area contributed by atoms with Gasteiger partial charge in [-0.15, -0.1) is 0 Å². The summed E-state index contributed by atoms with van der Waals surface area (Å²) < 4.78 is 27.2. The number of carbonyl (C=O) groups is 1. The van der Waals surface area contributed by atoms with Crippen LogP contribution in [0.2, 0.25) is 5.02 Å². The van der Waals surface area contributed by atoms with Crippen molar-refractivity contribution in [2.75, 3.05) is 18.4 Å². The molecule has 1 fully saturated rings. The van der Waals surface area contributed by atoms with Gasteiger partial charge in [0, 0.05) is 29.4 Å². The van der Waals surface area contributed by atoms with Crippen LogP contribution in [0, 0.1) is 6.92 Å². The molecule has 0 unspecified atom stereocenters. The van der Waals surface area contributed by atoms with E-state index in [0.29, 0.717) is 29.4 Å². The summed E-state index contributed by atoms with van der Waals surface area (Å²) in [6.45, 7) is 2.97. The quantitative estimate of drug-likeness (QED) is 0.814. The highest BCUT2D eigenvalue weighted by Crippen LogP contribution is 2.22. The second-order valence-corrected chi connectivity index (χ2v) is 9.13. The summed E-state index contributed by atoms with van der Waals surface area (Å²) in [6, 6.07) is 11.3. The minimum Gasteiger partial charge on any atom is -0.322 e. The van der Waals surface area contributed by atoms with E-state index in [-0.39, 0.29) is 10.8 Å². The molecule has 1 N–H and O–H groups in total. The third kappa shape index (κ3) is 4.69. The molecule has 0 aromatic heterocycles. The van der Waals surface area contributed by atoms with E-state index in [4.69, 9.17) is 11.6 Å². The van der Waals surface area contributed by atoms with Gasteiger partial charge in [0.15, 0.2) is 0 Å². The largest absolute Gasteiger partial charge is 0.322 e. The van der Waals surface area contributed by atoms with Gasteiger partial charge in [-0.1, -0.05) is 24.4 Å². The first-order valence-electron chi connectivity index (χ1n) is 9.05. The van der Waals surface area contributed by atoms with Crippen LogP contribution in [0.3, 0.4) is 0 Å². The van der Waals surface area contributed by atoms with Gasteiger partial charge in [-0.2, -0.15) is 4.31 Å². The number of hydrogen-bond acceptors (Lipinski definition) is 3. The van der Waals surface area contributed by atoms with Crippen molar-refractivity contribution in [2.24, 2.45) is 0 Å². The van der Waals surface area contributed by atoms with Crippen molar-refractivity contribution >= 4 is 33.2 Å². The number of amides is 1. The highest BCUT2D eigenvalue weighted by Gasteiger charge is 2.25. The number of aryl methyl sites for hydroxylation is 1. The fourth-order valence-electron chi connectivity index (χ4n) is 3.17. The molecule has 0 bridgehead atoms. The Morgan fingerprint density at radius 3 is 2.22 bits per heavy atom. The molecule has 0 radical (unpaired) electrons. The fourth-order valence-corrected chi connectivity index (χ4v) is 4.91. The number of carbonyl (C=O) groups excluding carboxylic acids is 1. The number of benzene rings is 2. The normalized spacial score (nSPS) is 15.9. The first-order valence-corrected chi connectivity index (χ1v) is 10.9. The lowest BCUT2D eigenvalue weighted by atomic mass is 10.1. The summed E-state index contributed by atoms with van der Waals surface area (Å²) in [4.78, 5) is 12.7. The van der Waals surface area contributed by atoms with Gasteiger partial charge in [-0.3, -0.25) is 4.79 Å². The highest BCUT2D eigenvalue weighted by molar-refractivity contribution is 7.89. The summed E-state index contributed by atoms with van der Waals surface area (Å²) in [6.07, 6.45) is 3.91. The second-order valence-electron chi connectivity index (χ2n) is 6.76. The van der Waals surface area contributed by atoms with E-state index < -0.39 is 10.0 Å². The zero-order valence-electron chi connectivity index (χ0n) is 15.2. The van der Waals surface area contributed by atoms with Crippen LogP contribution in [-0.4, -0.2) is 31.7 Å². The number of sulfonamides is 1. The lowest BCUT2D eigenvalue weighted by Gasteiger charge is -2.20. The smallest absolute Gasteiger partial charge is 0.255 e. The molecule has 2 aromatic rings. The van der Waals surface area contributed by atoms with Crippen LogP contribution in [0.4, 0.5) is 5.69 Å². The Balaban J connectivity index is 1.75. The van der Waals surface area contributed by atoms with Gasteiger partial charge in [0.05, 0.1) is 4.90 Å². The van der Waals surface area contributed by atoms with Crippen molar-refractivity contribution in [3.63, 3.8) is 0 Å². The average Bonchev–Trinajstić information content (AvgIpc) is 2.94. The third-order valence-electron chi connectivity index (χ3n) is 4.76. The van der Waals surface area contributed by atoms with Crippen molar-refractivity contribution in [2.45, 2.75) is 37.5 Å². The molecule has 144 valence electrons. The van der Waals surface area contributed by atoms with Gasteiger partial charge >= 0.3 is 0 Å². The Labute approximate surface area is 165 Å². The predicted molar refractivity (Wildman–Crippen MR) is 108 cm³/mol. The summed E-state index contributed by atoms with van der Waals surface area (Å²) >= 11 is 5.93. The highest BCUT2D eigenvalue weighted by atomic mass is 35.5. The Hall–Kier alpha value is -1.89. The molecule has 0 saturated carbocycles. The van der Waals surface area contributed by atoms with Gasteiger partial charge < -0.3 is 5.32 Å². The minimum atomic E-state index is -3.51. The third-order valence-corrected chi connectivity index (χ3v) is 6.90. The van der Waals surface area contributed by atoms with Gasteiger partial charge in [-0.05, 0) is 67.8 Å². The van der Waals surface area contributed by atoms with E-state index >= 15 is 0 Å². The van der Waals surface area contributed by atoms with Gasteiger partial charge in [0.2, 0.25) is 10.0 Å². The lowest BCUT2D eigenvalue weighted by molar-refractivity contribution is 0.102. The summed E-state index contributed by atoms with van der Waals surface area (Å²) in [7, 11) is -3.51. The van der Waals surface area contributed by atoms with Crippen molar-refractivity contribution in [1.29, 1.82) is 0 Å². The van der Waals surface area contributed by atoms with Crippen LogP contribution in [0.5, 0.6) is 0 Å².